The summed E-state index contributed by atoms with van der Waals surface area (Å²) in [4.78, 5) is 0. The maximum absolute atomic E-state index is 9.37. The Morgan fingerprint density at radius 2 is 0.841 bits per heavy atom. The van der Waals surface area contributed by atoms with E-state index >= 15 is 0 Å². The van der Waals surface area contributed by atoms with Crippen molar-refractivity contribution in [2.45, 2.75) is 0 Å². The molecular formula is C44H28. The average molecular weight is 565 g/mol. The molecule has 0 amide bonds. The van der Waals surface area contributed by atoms with Gasteiger partial charge in [0.2, 0.25) is 0 Å². The Kier molecular flexibility index (Phi) is 4.08. The van der Waals surface area contributed by atoms with Crippen molar-refractivity contribution >= 4 is 53.9 Å². The molecule has 0 nitrogen and oxygen atoms in total. The molecule has 0 saturated carbocycles. The molecule has 0 saturated heterocycles. The van der Waals surface area contributed by atoms with Crippen LogP contribution >= 0.6 is 0 Å². The zero-order valence-electron chi connectivity index (χ0n) is 31.5. The Labute approximate surface area is 267 Å². The van der Waals surface area contributed by atoms with Crippen LogP contribution in [-0.2, 0) is 0 Å². The molecule has 44 heavy (non-hydrogen) atoms. The van der Waals surface area contributed by atoms with Gasteiger partial charge in [0, 0.05) is 0 Å². The summed E-state index contributed by atoms with van der Waals surface area (Å²) in [6.45, 7) is 0. The summed E-state index contributed by atoms with van der Waals surface area (Å²) >= 11 is 0. The van der Waals surface area contributed by atoms with Crippen LogP contribution in [0.4, 0.5) is 0 Å². The molecule has 0 aliphatic heterocycles. The summed E-state index contributed by atoms with van der Waals surface area (Å²) in [5, 5.41) is 6.84. The van der Waals surface area contributed by atoms with Gasteiger partial charge in [0.1, 0.15) is 0 Å². The first-order chi connectivity index (χ1) is 25.2. The van der Waals surface area contributed by atoms with E-state index in [2.05, 4.69) is 30.3 Å². The minimum Gasteiger partial charge on any atom is -0.0616 e. The predicted octanol–water partition coefficient (Wildman–Crippen LogP) is 12.5. The summed E-state index contributed by atoms with van der Waals surface area (Å²) < 4.78 is 72.6. The fourth-order valence-corrected chi connectivity index (χ4v) is 6.76. The lowest BCUT2D eigenvalue weighted by Gasteiger charge is -2.19. The number of benzene rings is 9. The van der Waals surface area contributed by atoms with Crippen LogP contribution in [0.15, 0.2) is 170 Å². The molecule has 0 atom stereocenters. The van der Waals surface area contributed by atoms with Crippen molar-refractivity contribution in [1.82, 2.24) is 0 Å². The monoisotopic (exact) mass is 564 g/mol. The molecule has 0 bridgehead atoms. The molecule has 0 aliphatic rings. The van der Waals surface area contributed by atoms with Gasteiger partial charge < -0.3 is 0 Å². The van der Waals surface area contributed by atoms with Crippen molar-refractivity contribution in [3.63, 3.8) is 0 Å². The molecule has 0 unspecified atom stereocenters. The highest BCUT2D eigenvalue weighted by molar-refractivity contribution is 6.23. The maximum atomic E-state index is 9.37. The van der Waals surface area contributed by atoms with Gasteiger partial charge in [-0.25, -0.2) is 0 Å². The maximum Gasteiger partial charge on any atom is 0.0629 e. The fourth-order valence-electron chi connectivity index (χ4n) is 6.76. The minimum atomic E-state index is -0.417. The van der Waals surface area contributed by atoms with Gasteiger partial charge >= 0.3 is 0 Å². The van der Waals surface area contributed by atoms with Crippen molar-refractivity contribution in [3.05, 3.63) is 170 Å². The van der Waals surface area contributed by atoms with Gasteiger partial charge in [-0.3, -0.25) is 0 Å². The molecule has 9 aromatic rings. The molecule has 0 heteroatoms. The largest absolute Gasteiger partial charge is 0.0629 e. The van der Waals surface area contributed by atoms with Crippen LogP contribution in [-0.4, -0.2) is 0 Å². The van der Waals surface area contributed by atoms with Gasteiger partial charge in [-0.2, -0.15) is 0 Å². The molecule has 0 aromatic heterocycles. The van der Waals surface area contributed by atoms with Crippen LogP contribution < -0.4 is 0 Å². The van der Waals surface area contributed by atoms with E-state index in [1.54, 1.807) is 0 Å². The number of hydrogen-bond donors (Lipinski definition) is 0. The first kappa shape index (κ1) is 18.1. The van der Waals surface area contributed by atoms with Crippen molar-refractivity contribution in [1.29, 1.82) is 0 Å². The zero-order chi connectivity index (χ0) is 36.0. The van der Waals surface area contributed by atoms with E-state index in [4.69, 9.17) is 5.48 Å². The van der Waals surface area contributed by atoms with Crippen LogP contribution in [0.3, 0.4) is 0 Å². The topological polar surface area (TPSA) is 0 Å². The van der Waals surface area contributed by atoms with Crippen LogP contribution in [0.2, 0.25) is 0 Å². The molecular weight excluding hydrogens is 528 g/mol. The van der Waals surface area contributed by atoms with Crippen molar-refractivity contribution in [2.75, 3.05) is 0 Å². The number of rotatable bonds is 3. The van der Waals surface area contributed by atoms with Gasteiger partial charge in [0.25, 0.3) is 0 Å². The lowest BCUT2D eigenvalue weighted by molar-refractivity contribution is 1.64. The third-order valence-corrected chi connectivity index (χ3v) is 8.66. The van der Waals surface area contributed by atoms with Gasteiger partial charge in [-0.05, 0) is 99.4 Å². The standard InChI is InChI=1S/C44H28/c1-3-18-33-29(13-1)15-12-26-37(33)44-40-24-9-7-22-38(40)43(39-23-8-10-25-41(39)44)32-17-11-16-30(27-32)42-28-31-14-2-4-19-34(31)35-20-5-6-21-36(35)42/h1-28H/i7D,8D,9D,10D,22D,23D,24D,25D. The van der Waals surface area contributed by atoms with E-state index in [1.165, 1.54) is 0 Å². The van der Waals surface area contributed by atoms with E-state index < -0.39 is 24.2 Å². The first-order valence-electron chi connectivity index (χ1n) is 18.6. The molecule has 9 rings (SSSR count). The summed E-state index contributed by atoms with van der Waals surface area (Å²) in [5.74, 6) is 0. The van der Waals surface area contributed by atoms with E-state index in [1.807, 2.05) is 91.0 Å². The Morgan fingerprint density at radius 3 is 1.57 bits per heavy atom. The Balaban J connectivity index is 1.49. The third-order valence-electron chi connectivity index (χ3n) is 8.66. The highest BCUT2D eigenvalue weighted by Crippen LogP contribution is 2.46. The van der Waals surface area contributed by atoms with Gasteiger partial charge in [0.15, 0.2) is 0 Å². The zero-order valence-corrected chi connectivity index (χ0v) is 23.5. The second-order valence-electron chi connectivity index (χ2n) is 11.0. The second-order valence-corrected chi connectivity index (χ2v) is 11.0. The van der Waals surface area contributed by atoms with Crippen LogP contribution in [0.5, 0.6) is 0 Å². The molecule has 0 aliphatic carbocycles. The Hall–Kier alpha value is -5.72. The SMILES string of the molecule is [2H]c1c([2H])c([2H])c2c(-c3cccc4ccccc34)c3c([2H])c([2H])c([2H])c([2H])c3c(-c3cccc(-c4cc5ccccc5c5ccccc45)c3)c2c1[2H]. The van der Waals surface area contributed by atoms with Crippen LogP contribution in [0.1, 0.15) is 11.0 Å². The summed E-state index contributed by atoms with van der Waals surface area (Å²) in [7, 11) is 0. The third kappa shape index (κ3) is 3.78. The highest BCUT2D eigenvalue weighted by Gasteiger charge is 2.18. The summed E-state index contributed by atoms with van der Waals surface area (Å²) in [5.41, 5.74) is 3.71. The fraction of sp³-hybridized carbons (Fsp3) is 0. The minimum absolute atomic E-state index is 0.201. The lowest BCUT2D eigenvalue weighted by Crippen LogP contribution is -1.92. The number of hydrogen-bond acceptors (Lipinski definition) is 0. The van der Waals surface area contributed by atoms with E-state index in [0.717, 1.165) is 43.4 Å². The van der Waals surface area contributed by atoms with E-state index in [0.29, 0.717) is 22.3 Å². The summed E-state index contributed by atoms with van der Waals surface area (Å²) in [6.07, 6.45) is 0. The molecule has 9 aromatic carbocycles. The van der Waals surface area contributed by atoms with Crippen molar-refractivity contribution in [2.24, 2.45) is 0 Å². The van der Waals surface area contributed by atoms with Crippen LogP contribution in [0.25, 0.3) is 87.2 Å². The number of fused-ring (bicyclic) bond motifs is 6. The normalized spacial score (nSPS) is 14.2. The van der Waals surface area contributed by atoms with Crippen molar-refractivity contribution in [3.8, 4) is 33.4 Å². The molecule has 0 heterocycles. The average Bonchev–Trinajstić information content (AvgIpc) is 3.19. The quantitative estimate of drug-likeness (QED) is 0.148. The first-order valence-corrected chi connectivity index (χ1v) is 14.6. The molecule has 0 radical (unpaired) electrons. The molecule has 0 spiro atoms. The van der Waals surface area contributed by atoms with Crippen molar-refractivity contribution < 1.29 is 11.0 Å². The van der Waals surface area contributed by atoms with Gasteiger partial charge in [-0.1, -0.05) is 158 Å². The predicted molar refractivity (Wildman–Crippen MR) is 190 cm³/mol. The van der Waals surface area contributed by atoms with Gasteiger partial charge in [-0.15, -0.1) is 0 Å². The highest BCUT2D eigenvalue weighted by atomic mass is 14.2. The second kappa shape index (κ2) is 9.93. The van der Waals surface area contributed by atoms with Crippen LogP contribution in [0, 0.1) is 0 Å². The molecule has 204 valence electrons. The van der Waals surface area contributed by atoms with Gasteiger partial charge in [0.05, 0.1) is 11.0 Å². The van der Waals surface area contributed by atoms with E-state index in [-0.39, 0.29) is 45.7 Å². The Morgan fingerprint density at radius 1 is 0.318 bits per heavy atom. The lowest BCUT2D eigenvalue weighted by atomic mass is 9.84. The van der Waals surface area contributed by atoms with E-state index in [9.17, 15) is 5.48 Å². The Bertz CT molecular complexity index is 2920. The molecule has 0 N–H and O–H groups in total. The smallest absolute Gasteiger partial charge is 0.0616 e. The molecule has 0 fully saturated rings. The summed E-state index contributed by atoms with van der Waals surface area (Å²) in [6, 6.07) is 36.8.